The Kier molecular flexibility index (Phi) is 6.25. The average molecular weight is 415 g/mol. The highest BCUT2D eigenvalue weighted by atomic mass is 79.9. The lowest BCUT2D eigenvalue weighted by atomic mass is 10.1. The Labute approximate surface area is 160 Å². The van der Waals surface area contributed by atoms with Gasteiger partial charge in [0.2, 0.25) is 0 Å². The molecule has 3 nitrogen and oxygen atoms in total. The van der Waals surface area contributed by atoms with Gasteiger partial charge in [0.15, 0.2) is 0 Å². The Morgan fingerprint density at radius 3 is 2.44 bits per heavy atom. The summed E-state index contributed by atoms with van der Waals surface area (Å²) in [5.41, 5.74) is 3.18. The number of amides is 2. The summed E-state index contributed by atoms with van der Waals surface area (Å²) in [5.74, 6) is 0. The second-order valence-electron chi connectivity index (χ2n) is 5.73. The van der Waals surface area contributed by atoms with Crippen LogP contribution in [0.25, 0.3) is 0 Å². The number of benzene rings is 2. The fourth-order valence-corrected chi connectivity index (χ4v) is 3.42. The number of anilines is 1. The standard InChI is InChI=1S/C20H19BrN2OS/c21-18-6-8-19(9-7-18)22-20(24)23(14-17-11-13-25-15-17)12-10-16-4-2-1-3-5-16/h1-9,11,13,15H,10,12,14H2,(H,22,24). The zero-order chi connectivity index (χ0) is 17.5. The van der Waals surface area contributed by atoms with Gasteiger partial charge < -0.3 is 10.2 Å². The Bertz CT molecular complexity index is 788. The van der Waals surface area contributed by atoms with Gasteiger partial charge in [-0.15, -0.1) is 0 Å². The van der Waals surface area contributed by atoms with Crippen molar-refractivity contribution in [3.63, 3.8) is 0 Å². The summed E-state index contributed by atoms with van der Waals surface area (Å²) < 4.78 is 0.990. The molecule has 1 heterocycles. The van der Waals surface area contributed by atoms with Crippen molar-refractivity contribution in [1.29, 1.82) is 0 Å². The third-order valence-electron chi connectivity index (χ3n) is 3.85. The fraction of sp³-hybridized carbons (Fsp3) is 0.150. The van der Waals surface area contributed by atoms with E-state index in [0.29, 0.717) is 13.1 Å². The maximum Gasteiger partial charge on any atom is 0.322 e. The number of rotatable bonds is 6. The Morgan fingerprint density at radius 2 is 1.76 bits per heavy atom. The number of halogens is 1. The van der Waals surface area contributed by atoms with Gasteiger partial charge in [-0.2, -0.15) is 11.3 Å². The number of carbonyl (C=O) groups excluding carboxylic acids is 1. The van der Waals surface area contributed by atoms with Crippen LogP contribution in [0.2, 0.25) is 0 Å². The van der Waals surface area contributed by atoms with Gasteiger partial charge in [0.05, 0.1) is 0 Å². The monoisotopic (exact) mass is 414 g/mol. The van der Waals surface area contributed by atoms with Crippen LogP contribution in [0.1, 0.15) is 11.1 Å². The van der Waals surface area contributed by atoms with Crippen LogP contribution in [0, 0.1) is 0 Å². The molecule has 0 unspecified atom stereocenters. The second kappa shape index (κ2) is 8.83. The number of carbonyl (C=O) groups is 1. The molecule has 2 aromatic carbocycles. The van der Waals surface area contributed by atoms with Crippen LogP contribution < -0.4 is 5.32 Å². The van der Waals surface area contributed by atoms with E-state index in [2.05, 4.69) is 44.8 Å². The van der Waals surface area contributed by atoms with Crippen molar-refractivity contribution in [3.05, 3.63) is 87.0 Å². The van der Waals surface area contributed by atoms with E-state index in [4.69, 9.17) is 0 Å². The largest absolute Gasteiger partial charge is 0.322 e. The average Bonchev–Trinajstić information content (AvgIpc) is 3.14. The molecule has 0 fully saturated rings. The van der Waals surface area contributed by atoms with Gasteiger partial charge in [-0.05, 0) is 58.6 Å². The summed E-state index contributed by atoms with van der Waals surface area (Å²) in [6, 6.07) is 19.9. The normalized spacial score (nSPS) is 10.4. The van der Waals surface area contributed by atoms with Crippen LogP contribution in [0.5, 0.6) is 0 Å². The van der Waals surface area contributed by atoms with Gasteiger partial charge in [0.1, 0.15) is 0 Å². The zero-order valence-corrected chi connectivity index (χ0v) is 16.1. The number of nitrogens with one attached hydrogen (secondary N) is 1. The third-order valence-corrected chi connectivity index (χ3v) is 5.11. The van der Waals surface area contributed by atoms with Crippen LogP contribution >= 0.6 is 27.3 Å². The molecule has 0 bridgehead atoms. The lowest BCUT2D eigenvalue weighted by Crippen LogP contribution is -2.36. The summed E-state index contributed by atoms with van der Waals surface area (Å²) in [6.45, 7) is 1.28. The first kappa shape index (κ1) is 17.7. The maximum atomic E-state index is 12.8. The molecule has 3 aromatic rings. The SMILES string of the molecule is O=C(Nc1ccc(Br)cc1)N(CCc1ccccc1)Cc1ccsc1. The predicted molar refractivity (Wildman–Crippen MR) is 108 cm³/mol. The smallest absolute Gasteiger partial charge is 0.320 e. The minimum absolute atomic E-state index is 0.0792. The van der Waals surface area contributed by atoms with E-state index >= 15 is 0 Å². The van der Waals surface area contributed by atoms with Gasteiger partial charge >= 0.3 is 6.03 Å². The molecule has 0 aliphatic heterocycles. The van der Waals surface area contributed by atoms with E-state index in [0.717, 1.165) is 22.1 Å². The Morgan fingerprint density at radius 1 is 1.00 bits per heavy atom. The van der Waals surface area contributed by atoms with Crippen LogP contribution in [-0.4, -0.2) is 17.5 Å². The van der Waals surface area contributed by atoms with Gasteiger partial charge in [0.25, 0.3) is 0 Å². The van der Waals surface area contributed by atoms with E-state index in [-0.39, 0.29) is 6.03 Å². The Balaban J connectivity index is 1.68. The molecular formula is C20H19BrN2OS. The number of urea groups is 1. The first-order valence-corrected chi connectivity index (χ1v) is 9.81. The molecule has 128 valence electrons. The van der Waals surface area contributed by atoms with E-state index in [1.807, 2.05) is 52.7 Å². The molecule has 0 aliphatic rings. The molecule has 2 amide bonds. The molecule has 1 aromatic heterocycles. The molecule has 0 saturated heterocycles. The summed E-state index contributed by atoms with van der Waals surface area (Å²) in [4.78, 5) is 14.6. The molecular weight excluding hydrogens is 396 g/mol. The quantitative estimate of drug-likeness (QED) is 0.543. The Hall–Kier alpha value is -2.11. The predicted octanol–water partition coefficient (Wildman–Crippen LogP) is 5.79. The highest BCUT2D eigenvalue weighted by molar-refractivity contribution is 9.10. The molecule has 0 saturated carbocycles. The highest BCUT2D eigenvalue weighted by Gasteiger charge is 2.14. The molecule has 1 N–H and O–H groups in total. The van der Waals surface area contributed by atoms with Crippen molar-refractivity contribution in [2.24, 2.45) is 0 Å². The van der Waals surface area contributed by atoms with Crippen molar-refractivity contribution in [1.82, 2.24) is 4.90 Å². The molecule has 0 aliphatic carbocycles. The molecule has 3 rings (SSSR count). The van der Waals surface area contributed by atoms with E-state index < -0.39 is 0 Å². The van der Waals surface area contributed by atoms with E-state index in [9.17, 15) is 4.79 Å². The number of nitrogens with zero attached hydrogens (tertiary/aromatic N) is 1. The zero-order valence-electron chi connectivity index (χ0n) is 13.7. The molecule has 5 heteroatoms. The van der Waals surface area contributed by atoms with Crippen LogP contribution in [0.4, 0.5) is 10.5 Å². The van der Waals surface area contributed by atoms with Gasteiger partial charge in [-0.3, -0.25) is 0 Å². The highest BCUT2D eigenvalue weighted by Crippen LogP contribution is 2.16. The van der Waals surface area contributed by atoms with Crippen LogP contribution in [0.3, 0.4) is 0 Å². The second-order valence-corrected chi connectivity index (χ2v) is 7.42. The molecule has 25 heavy (non-hydrogen) atoms. The summed E-state index contributed by atoms with van der Waals surface area (Å²) >= 11 is 5.06. The first-order valence-electron chi connectivity index (χ1n) is 8.07. The van der Waals surface area contributed by atoms with Crippen LogP contribution in [0.15, 0.2) is 75.9 Å². The van der Waals surface area contributed by atoms with E-state index in [1.54, 1.807) is 11.3 Å². The lowest BCUT2D eigenvalue weighted by Gasteiger charge is -2.23. The summed E-state index contributed by atoms with van der Waals surface area (Å²) in [7, 11) is 0. The van der Waals surface area contributed by atoms with Crippen LogP contribution in [-0.2, 0) is 13.0 Å². The maximum absolute atomic E-state index is 12.8. The molecule has 0 radical (unpaired) electrons. The number of hydrogen-bond acceptors (Lipinski definition) is 2. The third kappa shape index (κ3) is 5.44. The molecule has 0 spiro atoms. The number of thiophene rings is 1. The minimum Gasteiger partial charge on any atom is -0.320 e. The van der Waals surface area contributed by atoms with Gasteiger partial charge in [-0.1, -0.05) is 46.3 Å². The topological polar surface area (TPSA) is 32.3 Å². The van der Waals surface area contributed by atoms with Gasteiger partial charge in [0, 0.05) is 23.2 Å². The van der Waals surface area contributed by atoms with Crippen molar-refractivity contribution in [2.75, 3.05) is 11.9 Å². The summed E-state index contributed by atoms with van der Waals surface area (Å²) in [6.07, 6.45) is 0.832. The molecule has 0 atom stereocenters. The number of hydrogen-bond donors (Lipinski definition) is 1. The fourth-order valence-electron chi connectivity index (χ4n) is 2.50. The summed E-state index contributed by atoms with van der Waals surface area (Å²) in [5, 5.41) is 7.11. The van der Waals surface area contributed by atoms with E-state index in [1.165, 1.54) is 5.56 Å². The van der Waals surface area contributed by atoms with Crippen molar-refractivity contribution < 1.29 is 4.79 Å². The minimum atomic E-state index is -0.0792. The lowest BCUT2D eigenvalue weighted by molar-refractivity contribution is 0.210. The van der Waals surface area contributed by atoms with Crippen molar-refractivity contribution in [3.8, 4) is 0 Å². The van der Waals surface area contributed by atoms with Gasteiger partial charge in [-0.25, -0.2) is 4.79 Å². The van der Waals surface area contributed by atoms with Crippen molar-refractivity contribution in [2.45, 2.75) is 13.0 Å². The first-order chi connectivity index (χ1) is 12.2. The van der Waals surface area contributed by atoms with Crippen molar-refractivity contribution >= 4 is 39.0 Å².